The zero-order chi connectivity index (χ0) is 53.6. The second kappa shape index (κ2) is 63.9. The quantitative estimate of drug-likeness (QED) is 0.0320. The number of aliphatic hydroxyl groups excluding tert-OH is 2. The summed E-state index contributed by atoms with van der Waals surface area (Å²) in [6.07, 6.45) is 79.7. The average Bonchev–Trinajstić information content (AvgIpc) is 3.40. The number of ether oxygens (including phenoxy) is 1. The fraction of sp³-hybridized carbons (Fsp3) is 0.912. The Morgan fingerprint density at radius 3 is 0.973 bits per heavy atom. The van der Waals surface area contributed by atoms with Crippen molar-refractivity contribution in [2.75, 3.05) is 13.2 Å². The van der Waals surface area contributed by atoms with Crippen molar-refractivity contribution in [1.82, 2.24) is 5.32 Å². The Morgan fingerprint density at radius 2 is 0.635 bits per heavy atom. The van der Waals surface area contributed by atoms with Gasteiger partial charge in [-0.25, -0.2) is 0 Å². The molecule has 6 nitrogen and oxygen atoms in total. The molecule has 0 saturated carbocycles. The Labute approximate surface area is 462 Å². The molecule has 2 atom stereocenters. The van der Waals surface area contributed by atoms with Gasteiger partial charge < -0.3 is 20.3 Å². The number of unbranched alkanes of at least 4 members (excludes halogenated alkanes) is 50. The zero-order valence-electron chi connectivity index (χ0n) is 50.1. The van der Waals surface area contributed by atoms with E-state index >= 15 is 0 Å². The third kappa shape index (κ3) is 59.6. The van der Waals surface area contributed by atoms with Gasteiger partial charge in [0, 0.05) is 12.8 Å². The average molecular weight is 1040 g/mol. The van der Waals surface area contributed by atoms with Crippen molar-refractivity contribution in [2.45, 2.75) is 386 Å². The number of nitrogens with one attached hydrogen (secondary N) is 1. The van der Waals surface area contributed by atoms with Crippen LogP contribution in [0.25, 0.3) is 0 Å². The number of amides is 1. The zero-order valence-corrected chi connectivity index (χ0v) is 50.1. The predicted octanol–water partition coefficient (Wildman–Crippen LogP) is 21.4. The molecule has 0 fully saturated rings. The van der Waals surface area contributed by atoms with Gasteiger partial charge in [-0.3, -0.25) is 9.59 Å². The first-order valence-electron chi connectivity index (χ1n) is 33.6. The van der Waals surface area contributed by atoms with E-state index in [1.54, 1.807) is 6.08 Å². The summed E-state index contributed by atoms with van der Waals surface area (Å²) in [6.45, 7) is 4.90. The Balaban J connectivity index is 3.32. The fourth-order valence-corrected chi connectivity index (χ4v) is 10.6. The van der Waals surface area contributed by atoms with E-state index in [-0.39, 0.29) is 18.5 Å². The molecule has 0 rings (SSSR count). The minimum Gasteiger partial charge on any atom is -0.466 e. The van der Waals surface area contributed by atoms with Crippen molar-refractivity contribution in [3.63, 3.8) is 0 Å². The topological polar surface area (TPSA) is 95.9 Å². The maximum atomic E-state index is 12.4. The Hall–Kier alpha value is -1.66. The summed E-state index contributed by atoms with van der Waals surface area (Å²) in [5.74, 6) is -0.0507. The lowest BCUT2D eigenvalue weighted by Gasteiger charge is -2.20. The molecule has 0 heterocycles. The molecule has 74 heavy (non-hydrogen) atoms. The van der Waals surface area contributed by atoms with E-state index in [1.807, 2.05) is 6.08 Å². The third-order valence-corrected chi connectivity index (χ3v) is 15.7. The molecule has 0 aliphatic carbocycles. The molecule has 0 spiro atoms. The van der Waals surface area contributed by atoms with Gasteiger partial charge in [0.1, 0.15) is 0 Å². The molecule has 0 aromatic heterocycles. The van der Waals surface area contributed by atoms with Crippen molar-refractivity contribution < 1.29 is 24.5 Å². The SMILES string of the molecule is CCCCCC/C=C\CCCCCCCC(=O)OCCCCCCCCCCCCCCCCCCCCCCCCCCCCCCCCCCC(=O)NC(CO)C(O)/C=C/CCCCCCCCCCCC. The summed E-state index contributed by atoms with van der Waals surface area (Å²) in [6, 6.07) is -0.623. The summed E-state index contributed by atoms with van der Waals surface area (Å²) in [5.41, 5.74) is 0. The molecule has 0 aromatic carbocycles. The van der Waals surface area contributed by atoms with E-state index in [0.29, 0.717) is 19.4 Å². The maximum Gasteiger partial charge on any atom is 0.305 e. The molecule has 2 unspecified atom stereocenters. The number of carbonyl (C=O) groups is 2. The highest BCUT2D eigenvalue weighted by Crippen LogP contribution is 2.18. The number of hydrogen-bond acceptors (Lipinski definition) is 5. The van der Waals surface area contributed by atoms with Gasteiger partial charge in [0.15, 0.2) is 0 Å². The van der Waals surface area contributed by atoms with Crippen LogP contribution in [-0.2, 0) is 14.3 Å². The summed E-state index contributed by atoms with van der Waals surface area (Å²) >= 11 is 0. The van der Waals surface area contributed by atoms with E-state index in [2.05, 4.69) is 31.3 Å². The van der Waals surface area contributed by atoms with Crippen molar-refractivity contribution in [3.8, 4) is 0 Å². The lowest BCUT2D eigenvalue weighted by atomic mass is 10.0. The van der Waals surface area contributed by atoms with Crippen LogP contribution in [0.5, 0.6) is 0 Å². The molecule has 0 radical (unpaired) electrons. The minimum atomic E-state index is -0.839. The van der Waals surface area contributed by atoms with Crippen molar-refractivity contribution in [3.05, 3.63) is 24.3 Å². The Morgan fingerprint density at radius 1 is 0.365 bits per heavy atom. The number of aliphatic hydroxyl groups is 2. The van der Waals surface area contributed by atoms with Crippen LogP contribution < -0.4 is 5.32 Å². The Kier molecular flexibility index (Phi) is 62.4. The predicted molar refractivity (Wildman–Crippen MR) is 324 cm³/mol. The highest BCUT2D eigenvalue weighted by molar-refractivity contribution is 5.76. The lowest BCUT2D eigenvalue weighted by molar-refractivity contribution is -0.143. The molecular formula is C68H131NO5. The molecule has 0 aromatic rings. The molecule has 438 valence electrons. The molecule has 0 saturated heterocycles. The van der Waals surface area contributed by atoms with Crippen LogP contribution in [0, 0.1) is 0 Å². The van der Waals surface area contributed by atoms with Gasteiger partial charge in [0.25, 0.3) is 0 Å². The highest BCUT2D eigenvalue weighted by Gasteiger charge is 2.18. The van der Waals surface area contributed by atoms with Gasteiger partial charge in [-0.2, -0.15) is 0 Å². The molecule has 6 heteroatoms. The summed E-state index contributed by atoms with van der Waals surface area (Å²) < 4.78 is 5.48. The van der Waals surface area contributed by atoms with Gasteiger partial charge in [0.2, 0.25) is 5.91 Å². The van der Waals surface area contributed by atoms with E-state index in [1.165, 1.54) is 302 Å². The van der Waals surface area contributed by atoms with Gasteiger partial charge in [-0.05, 0) is 57.8 Å². The maximum absolute atomic E-state index is 12.4. The number of rotatable bonds is 63. The van der Waals surface area contributed by atoms with E-state index in [4.69, 9.17) is 4.74 Å². The van der Waals surface area contributed by atoms with Crippen molar-refractivity contribution >= 4 is 11.9 Å². The lowest BCUT2D eigenvalue weighted by Crippen LogP contribution is -2.45. The third-order valence-electron chi connectivity index (χ3n) is 15.7. The standard InChI is InChI=1S/C68H131NO5/c1-3-5-7-9-11-13-15-37-42-46-50-54-58-62-68(73)74-63-59-55-51-47-43-39-36-34-32-30-28-26-24-22-20-18-17-19-21-23-25-27-29-31-33-35-38-41-45-49-53-57-61-67(72)69-65(64-70)66(71)60-56-52-48-44-40-16-14-12-10-8-6-4-2/h13,15,56,60,65-66,70-71H,3-12,14,16-55,57-59,61-64H2,1-2H3,(H,69,72)/b15-13-,60-56+. The van der Waals surface area contributed by atoms with Crippen molar-refractivity contribution in [1.29, 1.82) is 0 Å². The van der Waals surface area contributed by atoms with Gasteiger partial charge in [0.05, 0.1) is 25.4 Å². The van der Waals surface area contributed by atoms with Gasteiger partial charge in [-0.1, -0.05) is 327 Å². The number of hydrogen-bond donors (Lipinski definition) is 3. The normalized spacial score (nSPS) is 12.6. The van der Waals surface area contributed by atoms with Crippen LogP contribution in [0.2, 0.25) is 0 Å². The number of esters is 1. The molecule has 0 bridgehead atoms. The first-order valence-corrected chi connectivity index (χ1v) is 33.6. The van der Waals surface area contributed by atoms with Crippen LogP contribution in [0.15, 0.2) is 24.3 Å². The molecular weight excluding hydrogens is 911 g/mol. The summed E-state index contributed by atoms with van der Waals surface area (Å²) in [7, 11) is 0. The molecule has 1 amide bonds. The van der Waals surface area contributed by atoms with E-state index in [9.17, 15) is 19.8 Å². The molecule has 0 aliphatic heterocycles. The molecule has 3 N–H and O–H groups in total. The van der Waals surface area contributed by atoms with Crippen LogP contribution >= 0.6 is 0 Å². The first kappa shape index (κ1) is 72.3. The second-order valence-electron chi connectivity index (χ2n) is 23.2. The van der Waals surface area contributed by atoms with Crippen LogP contribution in [-0.4, -0.2) is 47.4 Å². The number of allylic oxidation sites excluding steroid dienone is 3. The smallest absolute Gasteiger partial charge is 0.305 e. The van der Waals surface area contributed by atoms with Gasteiger partial charge >= 0.3 is 5.97 Å². The van der Waals surface area contributed by atoms with Crippen LogP contribution in [0.1, 0.15) is 373 Å². The van der Waals surface area contributed by atoms with Crippen LogP contribution in [0.4, 0.5) is 0 Å². The minimum absolute atomic E-state index is 0.0119. The summed E-state index contributed by atoms with van der Waals surface area (Å²) in [5, 5.41) is 23.1. The van der Waals surface area contributed by atoms with Crippen LogP contribution in [0.3, 0.4) is 0 Å². The van der Waals surface area contributed by atoms with Gasteiger partial charge in [-0.15, -0.1) is 0 Å². The first-order chi connectivity index (χ1) is 36.5. The van der Waals surface area contributed by atoms with Crippen molar-refractivity contribution in [2.24, 2.45) is 0 Å². The van der Waals surface area contributed by atoms with E-state index in [0.717, 1.165) is 44.9 Å². The second-order valence-corrected chi connectivity index (χ2v) is 23.2. The highest BCUT2D eigenvalue weighted by atomic mass is 16.5. The van der Waals surface area contributed by atoms with E-state index < -0.39 is 12.1 Å². The monoisotopic (exact) mass is 1040 g/mol. The number of carbonyl (C=O) groups excluding carboxylic acids is 2. The Bertz CT molecular complexity index is 1150. The molecule has 0 aliphatic rings. The summed E-state index contributed by atoms with van der Waals surface area (Å²) in [4.78, 5) is 24.5. The fourth-order valence-electron chi connectivity index (χ4n) is 10.6. The largest absolute Gasteiger partial charge is 0.466 e.